The molecule has 1 fully saturated rings. The maximum atomic E-state index is 12.1. The van der Waals surface area contributed by atoms with E-state index < -0.39 is 0 Å². The van der Waals surface area contributed by atoms with Crippen molar-refractivity contribution >= 4 is 39.8 Å². The van der Waals surface area contributed by atoms with Crippen molar-refractivity contribution in [3.63, 3.8) is 0 Å². The third-order valence-electron chi connectivity index (χ3n) is 3.40. The molecule has 5 nitrogen and oxygen atoms in total. The normalized spacial score (nSPS) is 18.3. The molecule has 2 heterocycles. The second kappa shape index (κ2) is 6.93. The molecular formula is C17H18N4OS. The predicted octanol–water partition coefficient (Wildman–Crippen LogP) is 2.36. The van der Waals surface area contributed by atoms with Crippen LogP contribution in [0.4, 0.5) is 0 Å². The quantitative estimate of drug-likeness (QED) is 0.876. The van der Waals surface area contributed by atoms with Gasteiger partial charge in [0, 0.05) is 23.7 Å². The molecule has 0 aliphatic carbocycles. The van der Waals surface area contributed by atoms with Crippen LogP contribution in [0.3, 0.4) is 0 Å². The smallest absolute Gasteiger partial charge is 0.264 e. The van der Waals surface area contributed by atoms with E-state index in [1.807, 2.05) is 50.5 Å². The number of amides is 1. The largest absolute Gasteiger partial charge is 0.308 e. The number of para-hydroxylation sites is 1. The molecule has 1 aromatic heterocycles. The summed E-state index contributed by atoms with van der Waals surface area (Å²) in [6.07, 6.45) is 3.64. The lowest BCUT2D eigenvalue weighted by molar-refractivity contribution is -0.115. The second-order valence-corrected chi connectivity index (χ2v) is 6.51. The van der Waals surface area contributed by atoms with Crippen LogP contribution in [0.2, 0.25) is 0 Å². The van der Waals surface area contributed by atoms with E-state index in [-0.39, 0.29) is 5.91 Å². The maximum absolute atomic E-state index is 12.1. The van der Waals surface area contributed by atoms with Gasteiger partial charge in [0.15, 0.2) is 5.17 Å². The molecule has 1 aromatic carbocycles. The monoisotopic (exact) mass is 326 g/mol. The van der Waals surface area contributed by atoms with Crippen LogP contribution in [-0.4, -0.2) is 48.1 Å². The minimum Gasteiger partial charge on any atom is -0.308 e. The molecule has 0 unspecified atom stereocenters. The van der Waals surface area contributed by atoms with Crippen molar-refractivity contribution in [3.8, 4) is 0 Å². The fourth-order valence-corrected chi connectivity index (χ4v) is 3.08. The highest BCUT2D eigenvalue weighted by molar-refractivity contribution is 8.18. The van der Waals surface area contributed by atoms with E-state index in [1.54, 1.807) is 6.20 Å². The molecule has 3 rings (SSSR count). The molecule has 1 amide bonds. The summed E-state index contributed by atoms with van der Waals surface area (Å²) in [6.45, 7) is 1.52. The first-order valence-corrected chi connectivity index (χ1v) is 8.19. The van der Waals surface area contributed by atoms with E-state index in [1.165, 1.54) is 11.8 Å². The summed E-state index contributed by atoms with van der Waals surface area (Å²) < 4.78 is 0. The molecule has 1 saturated heterocycles. The van der Waals surface area contributed by atoms with Gasteiger partial charge in [-0.15, -0.1) is 0 Å². The van der Waals surface area contributed by atoms with Crippen molar-refractivity contribution < 1.29 is 4.79 Å². The Bertz CT molecular complexity index is 793. The predicted molar refractivity (Wildman–Crippen MR) is 96.3 cm³/mol. The van der Waals surface area contributed by atoms with Gasteiger partial charge in [0.1, 0.15) is 0 Å². The van der Waals surface area contributed by atoms with Gasteiger partial charge in [0.25, 0.3) is 5.91 Å². The van der Waals surface area contributed by atoms with Gasteiger partial charge in [-0.25, -0.2) is 0 Å². The lowest BCUT2D eigenvalue weighted by Crippen LogP contribution is -2.21. The minimum atomic E-state index is -0.105. The average molecular weight is 326 g/mol. The SMILES string of the molecule is CN(C)CCN=C1NC(=O)C(=Cc2cccc3cccnc23)S1. The van der Waals surface area contributed by atoms with E-state index in [4.69, 9.17) is 0 Å². The lowest BCUT2D eigenvalue weighted by atomic mass is 10.1. The molecule has 0 bridgehead atoms. The number of rotatable bonds is 4. The van der Waals surface area contributed by atoms with Crippen LogP contribution in [0, 0.1) is 0 Å². The number of nitrogens with zero attached hydrogens (tertiary/aromatic N) is 3. The summed E-state index contributed by atoms with van der Waals surface area (Å²) in [7, 11) is 4.00. The van der Waals surface area contributed by atoms with Crippen molar-refractivity contribution in [1.82, 2.24) is 15.2 Å². The van der Waals surface area contributed by atoms with Gasteiger partial charge in [0.2, 0.25) is 0 Å². The minimum absolute atomic E-state index is 0.105. The third kappa shape index (κ3) is 3.78. The zero-order chi connectivity index (χ0) is 16.2. The van der Waals surface area contributed by atoms with Crippen molar-refractivity contribution in [1.29, 1.82) is 0 Å². The van der Waals surface area contributed by atoms with Gasteiger partial charge >= 0.3 is 0 Å². The number of carbonyl (C=O) groups is 1. The maximum Gasteiger partial charge on any atom is 0.264 e. The number of hydrogen-bond donors (Lipinski definition) is 1. The molecule has 0 spiro atoms. The molecule has 6 heteroatoms. The number of nitrogens with one attached hydrogen (secondary N) is 1. The van der Waals surface area contributed by atoms with Crippen molar-refractivity contribution in [2.45, 2.75) is 0 Å². The summed E-state index contributed by atoms with van der Waals surface area (Å²) in [5.74, 6) is -0.105. The molecule has 0 saturated carbocycles. The summed E-state index contributed by atoms with van der Waals surface area (Å²) in [5.41, 5.74) is 1.84. The Kier molecular flexibility index (Phi) is 4.73. The van der Waals surface area contributed by atoms with Crippen LogP contribution in [0.15, 0.2) is 46.4 Å². The highest BCUT2D eigenvalue weighted by Crippen LogP contribution is 2.28. The fourth-order valence-electron chi connectivity index (χ4n) is 2.24. The van der Waals surface area contributed by atoms with Gasteiger partial charge in [-0.1, -0.05) is 24.3 Å². The van der Waals surface area contributed by atoms with Gasteiger partial charge in [-0.3, -0.25) is 14.8 Å². The molecule has 23 heavy (non-hydrogen) atoms. The molecule has 2 aromatic rings. The first-order valence-electron chi connectivity index (χ1n) is 7.37. The Morgan fingerprint density at radius 2 is 2.13 bits per heavy atom. The summed E-state index contributed by atoms with van der Waals surface area (Å²) in [6, 6.07) is 9.88. The number of benzene rings is 1. The Balaban J connectivity index is 1.83. The third-order valence-corrected chi connectivity index (χ3v) is 4.35. The summed E-state index contributed by atoms with van der Waals surface area (Å²) >= 11 is 1.38. The van der Waals surface area contributed by atoms with E-state index in [2.05, 4.69) is 20.2 Å². The van der Waals surface area contributed by atoms with Crippen LogP contribution in [-0.2, 0) is 4.79 Å². The number of aromatic nitrogens is 1. The molecular weight excluding hydrogens is 308 g/mol. The standard InChI is InChI=1S/C17H18N4OS/c1-21(2)10-9-19-17-20-16(22)14(23-17)11-13-6-3-5-12-7-4-8-18-15(12)13/h3-8,11H,9-10H2,1-2H3,(H,19,20,22). The Morgan fingerprint density at radius 1 is 1.30 bits per heavy atom. The Morgan fingerprint density at radius 3 is 2.96 bits per heavy atom. The molecule has 1 aliphatic heterocycles. The Labute approximate surface area is 139 Å². The first-order chi connectivity index (χ1) is 11.1. The number of likely N-dealkylation sites (N-methyl/N-ethyl adjacent to an activating group) is 1. The van der Waals surface area contributed by atoms with Gasteiger partial charge in [0.05, 0.1) is 17.0 Å². The molecule has 118 valence electrons. The first kappa shape index (κ1) is 15.7. The number of pyridine rings is 1. The topological polar surface area (TPSA) is 57.6 Å². The number of aliphatic imine (C=N–C) groups is 1. The van der Waals surface area contributed by atoms with Gasteiger partial charge in [-0.2, -0.15) is 0 Å². The number of amidine groups is 1. The van der Waals surface area contributed by atoms with Crippen LogP contribution in [0.1, 0.15) is 5.56 Å². The lowest BCUT2D eigenvalue weighted by Gasteiger charge is -2.05. The second-order valence-electron chi connectivity index (χ2n) is 5.48. The zero-order valence-electron chi connectivity index (χ0n) is 13.1. The number of carbonyl (C=O) groups excluding carboxylic acids is 1. The van der Waals surface area contributed by atoms with E-state index in [9.17, 15) is 4.79 Å². The Hall–Kier alpha value is -2.18. The van der Waals surface area contributed by atoms with Crippen molar-refractivity contribution in [2.75, 3.05) is 27.2 Å². The zero-order valence-corrected chi connectivity index (χ0v) is 13.9. The molecule has 0 atom stereocenters. The highest BCUT2D eigenvalue weighted by Gasteiger charge is 2.23. The van der Waals surface area contributed by atoms with Crippen LogP contribution >= 0.6 is 11.8 Å². The van der Waals surface area contributed by atoms with Crippen LogP contribution in [0.25, 0.3) is 17.0 Å². The number of fused-ring (bicyclic) bond motifs is 1. The van der Waals surface area contributed by atoms with Crippen molar-refractivity contribution in [2.24, 2.45) is 4.99 Å². The van der Waals surface area contributed by atoms with Crippen LogP contribution < -0.4 is 5.32 Å². The fraction of sp³-hybridized carbons (Fsp3) is 0.235. The average Bonchev–Trinajstić information content (AvgIpc) is 2.87. The van der Waals surface area contributed by atoms with E-state index in [0.29, 0.717) is 16.6 Å². The molecule has 1 N–H and O–H groups in total. The highest BCUT2D eigenvalue weighted by atomic mass is 32.2. The molecule has 0 radical (unpaired) electrons. The van der Waals surface area contributed by atoms with E-state index in [0.717, 1.165) is 23.0 Å². The summed E-state index contributed by atoms with van der Waals surface area (Å²) in [5, 5.41) is 4.54. The van der Waals surface area contributed by atoms with Crippen LogP contribution in [0.5, 0.6) is 0 Å². The number of thioether (sulfide) groups is 1. The number of hydrogen-bond acceptors (Lipinski definition) is 5. The molecule has 1 aliphatic rings. The van der Waals surface area contributed by atoms with Crippen molar-refractivity contribution in [3.05, 3.63) is 47.0 Å². The van der Waals surface area contributed by atoms with Gasteiger partial charge < -0.3 is 10.2 Å². The summed E-state index contributed by atoms with van der Waals surface area (Å²) in [4.78, 5) is 23.6. The van der Waals surface area contributed by atoms with Gasteiger partial charge in [-0.05, 0) is 38.0 Å². The van der Waals surface area contributed by atoms with E-state index >= 15 is 0 Å².